The van der Waals surface area contributed by atoms with Crippen LogP contribution in [0.2, 0.25) is 0 Å². The summed E-state index contributed by atoms with van der Waals surface area (Å²) in [6.45, 7) is 0. The molecule has 0 aliphatic carbocycles. The van der Waals surface area contributed by atoms with Gasteiger partial charge in [-0.15, -0.1) is 0 Å². The normalized spacial score (nSPS) is 10.3. The van der Waals surface area contributed by atoms with Gasteiger partial charge in [0.15, 0.2) is 0 Å². The van der Waals surface area contributed by atoms with Crippen molar-refractivity contribution >= 4 is 11.0 Å². The summed E-state index contributed by atoms with van der Waals surface area (Å²) in [4.78, 5) is 7.14. The van der Waals surface area contributed by atoms with E-state index in [1.165, 1.54) is 0 Å². The molecule has 0 aliphatic rings. The van der Waals surface area contributed by atoms with Gasteiger partial charge in [-0.2, -0.15) is 4.98 Å². The molecule has 1 aromatic heterocycles. The fraction of sp³-hybridized carbons (Fsp3) is 0.111. The number of hydrogen-bond acceptors (Lipinski definition) is 3. The van der Waals surface area contributed by atoms with E-state index in [0.717, 1.165) is 11.0 Å². The molecule has 4 nitrogen and oxygen atoms in total. The van der Waals surface area contributed by atoms with E-state index in [1.807, 2.05) is 12.1 Å². The third-order valence-corrected chi connectivity index (χ3v) is 1.80. The van der Waals surface area contributed by atoms with Crippen molar-refractivity contribution in [2.24, 2.45) is 0 Å². The molecule has 0 aliphatic heterocycles. The van der Waals surface area contributed by atoms with Crippen LogP contribution in [0, 0.1) is 7.11 Å². The molecule has 2 rings (SSSR count). The van der Waals surface area contributed by atoms with Crippen molar-refractivity contribution in [1.82, 2.24) is 9.97 Å². The topological polar surface area (TPSA) is 47.1 Å². The molecule has 0 bridgehead atoms. The summed E-state index contributed by atoms with van der Waals surface area (Å²) in [5.41, 5.74) is 1.60. The third kappa shape index (κ3) is 1.20. The Labute approximate surface area is 75.5 Å². The number of rotatable bonds is 2. The molecule has 1 radical (unpaired) electrons. The van der Waals surface area contributed by atoms with Crippen LogP contribution in [0.4, 0.5) is 0 Å². The zero-order valence-electron chi connectivity index (χ0n) is 7.20. The Balaban J connectivity index is 2.67. The molecule has 13 heavy (non-hydrogen) atoms. The average Bonchev–Trinajstić information content (AvgIpc) is 2.59. The first kappa shape index (κ1) is 7.91. The lowest BCUT2D eigenvalue weighted by Crippen LogP contribution is -1.83. The molecular weight excluding hydrogens is 168 g/mol. The predicted molar refractivity (Wildman–Crippen MR) is 48.6 cm³/mol. The highest BCUT2D eigenvalue weighted by Crippen LogP contribution is 2.25. The summed E-state index contributed by atoms with van der Waals surface area (Å²) in [7, 11) is 4.90. The van der Waals surface area contributed by atoms with Gasteiger partial charge in [0.25, 0.3) is 6.01 Å². The van der Waals surface area contributed by atoms with Gasteiger partial charge >= 0.3 is 0 Å². The number of benzene rings is 1. The zero-order valence-corrected chi connectivity index (χ0v) is 7.20. The maximum atomic E-state index is 4.96. The second kappa shape index (κ2) is 2.97. The smallest absolute Gasteiger partial charge is 0.294 e. The molecule has 2 aromatic rings. The lowest BCUT2D eigenvalue weighted by Gasteiger charge is -1.97. The van der Waals surface area contributed by atoms with E-state index in [-0.39, 0.29) is 0 Å². The van der Waals surface area contributed by atoms with E-state index in [1.54, 1.807) is 13.2 Å². The molecule has 67 valence electrons. The Morgan fingerprint density at radius 1 is 1.46 bits per heavy atom. The van der Waals surface area contributed by atoms with Crippen molar-refractivity contribution in [3.05, 3.63) is 25.3 Å². The largest absolute Gasteiger partial charge is 0.488 e. The molecule has 0 atom stereocenters. The van der Waals surface area contributed by atoms with Crippen LogP contribution in [0.15, 0.2) is 18.2 Å². The maximum Gasteiger partial charge on any atom is 0.294 e. The van der Waals surface area contributed by atoms with Gasteiger partial charge in [-0.25, -0.2) is 0 Å². The van der Waals surface area contributed by atoms with Crippen LogP contribution in [-0.4, -0.2) is 17.1 Å². The summed E-state index contributed by atoms with van der Waals surface area (Å²) in [5, 5.41) is 0. The third-order valence-electron chi connectivity index (χ3n) is 1.80. The van der Waals surface area contributed by atoms with Gasteiger partial charge < -0.3 is 14.5 Å². The number of fused-ring (bicyclic) bond motifs is 1. The van der Waals surface area contributed by atoms with E-state index >= 15 is 0 Å². The van der Waals surface area contributed by atoms with Crippen LogP contribution < -0.4 is 9.47 Å². The minimum atomic E-state index is 0.472. The number of nitrogens with one attached hydrogen (secondary N) is 1. The van der Waals surface area contributed by atoms with E-state index in [0.29, 0.717) is 11.8 Å². The van der Waals surface area contributed by atoms with Crippen molar-refractivity contribution < 1.29 is 9.47 Å². The summed E-state index contributed by atoms with van der Waals surface area (Å²) in [6, 6.07) is 6.03. The monoisotopic (exact) mass is 177 g/mol. The second-order valence-electron chi connectivity index (χ2n) is 2.54. The van der Waals surface area contributed by atoms with Gasteiger partial charge in [-0.05, 0) is 12.1 Å². The molecule has 0 fully saturated rings. The van der Waals surface area contributed by atoms with E-state index in [4.69, 9.17) is 9.47 Å². The van der Waals surface area contributed by atoms with Gasteiger partial charge in [0.2, 0.25) is 0 Å². The first-order chi connectivity index (χ1) is 6.35. The second-order valence-corrected chi connectivity index (χ2v) is 2.54. The number of imidazole rings is 1. The van der Waals surface area contributed by atoms with Gasteiger partial charge in [0.05, 0.1) is 12.6 Å². The predicted octanol–water partition coefficient (Wildman–Crippen LogP) is 1.74. The number of aromatic nitrogens is 2. The van der Waals surface area contributed by atoms with E-state index < -0.39 is 0 Å². The highest BCUT2D eigenvalue weighted by molar-refractivity contribution is 5.82. The van der Waals surface area contributed by atoms with Crippen molar-refractivity contribution in [2.75, 3.05) is 7.11 Å². The van der Waals surface area contributed by atoms with Crippen LogP contribution in [0.5, 0.6) is 11.8 Å². The Morgan fingerprint density at radius 3 is 3.00 bits per heavy atom. The van der Waals surface area contributed by atoms with Crippen LogP contribution in [0.1, 0.15) is 0 Å². The molecule has 0 unspecified atom stereocenters. The SMILES string of the molecule is [CH2]Oc1cccc2[nH]c(OC)nc12. The molecular formula is C9H9N2O2. The van der Waals surface area contributed by atoms with Crippen molar-refractivity contribution in [2.45, 2.75) is 0 Å². The lowest BCUT2D eigenvalue weighted by molar-refractivity contribution is 0.385. The fourth-order valence-electron chi connectivity index (χ4n) is 1.20. The van der Waals surface area contributed by atoms with Crippen molar-refractivity contribution in [3.63, 3.8) is 0 Å². The van der Waals surface area contributed by atoms with Crippen LogP contribution in [-0.2, 0) is 0 Å². The molecule has 0 saturated heterocycles. The van der Waals surface area contributed by atoms with Crippen molar-refractivity contribution in [1.29, 1.82) is 0 Å². The summed E-state index contributed by atoms with van der Waals surface area (Å²) >= 11 is 0. The molecule has 0 amide bonds. The van der Waals surface area contributed by atoms with Gasteiger partial charge in [-0.1, -0.05) is 6.07 Å². The molecule has 0 spiro atoms. The fourth-order valence-corrected chi connectivity index (χ4v) is 1.20. The van der Waals surface area contributed by atoms with Crippen LogP contribution in [0.3, 0.4) is 0 Å². The number of hydrogen-bond donors (Lipinski definition) is 1. The minimum absolute atomic E-state index is 0.472. The average molecular weight is 177 g/mol. The molecule has 0 saturated carbocycles. The summed E-state index contributed by atoms with van der Waals surface area (Å²) in [6.07, 6.45) is 0. The standard InChI is InChI=1S/C9H9N2O2/c1-12-7-5-3-4-6-8(7)11-9(10-6)13-2/h3-5H,1H2,2H3,(H,10,11). The Bertz CT molecular complexity index is 422. The zero-order chi connectivity index (χ0) is 9.26. The number of methoxy groups -OCH3 is 1. The molecule has 1 N–H and O–H groups in total. The number of aromatic amines is 1. The summed E-state index contributed by atoms with van der Waals surface area (Å²) in [5.74, 6) is 0.636. The Hall–Kier alpha value is -1.71. The van der Waals surface area contributed by atoms with Gasteiger partial charge in [-0.3, -0.25) is 0 Å². The quantitative estimate of drug-likeness (QED) is 0.760. The molecule has 4 heteroatoms. The van der Waals surface area contributed by atoms with Crippen LogP contribution >= 0.6 is 0 Å². The number of para-hydroxylation sites is 1. The minimum Gasteiger partial charge on any atom is -0.488 e. The summed E-state index contributed by atoms with van der Waals surface area (Å²) < 4.78 is 9.85. The molecule has 1 aromatic carbocycles. The van der Waals surface area contributed by atoms with E-state index in [9.17, 15) is 0 Å². The maximum absolute atomic E-state index is 4.96. The first-order valence-electron chi connectivity index (χ1n) is 3.80. The number of H-pyrrole nitrogens is 1. The number of ether oxygens (including phenoxy) is 2. The highest BCUT2D eigenvalue weighted by Gasteiger charge is 2.06. The van der Waals surface area contributed by atoms with Gasteiger partial charge in [0.1, 0.15) is 18.4 Å². The lowest BCUT2D eigenvalue weighted by atomic mass is 10.3. The highest BCUT2D eigenvalue weighted by atomic mass is 16.5. The van der Waals surface area contributed by atoms with Crippen LogP contribution in [0.25, 0.3) is 11.0 Å². The van der Waals surface area contributed by atoms with Gasteiger partial charge in [0, 0.05) is 0 Å². The Kier molecular flexibility index (Phi) is 1.81. The first-order valence-corrected chi connectivity index (χ1v) is 3.80. The molecule has 1 heterocycles. The number of nitrogens with zero attached hydrogens (tertiary/aromatic N) is 1. The van der Waals surface area contributed by atoms with Crippen molar-refractivity contribution in [3.8, 4) is 11.8 Å². The van der Waals surface area contributed by atoms with E-state index in [2.05, 4.69) is 17.1 Å². The Morgan fingerprint density at radius 2 is 2.31 bits per heavy atom.